The van der Waals surface area contributed by atoms with Gasteiger partial charge in [-0.05, 0) is 24.3 Å². The summed E-state index contributed by atoms with van der Waals surface area (Å²) >= 11 is 5.84. The highest BCUT2D eigenvalue weighted by molar-refractivity contribution is 6.30. The molecule has 0 saturated carbocycles. The Balaban J connectivity index is 1.66. The standard InChI is InChI=1S/C17H16ClF3N6O/c1-27(2)13-9-12(17(19,20)21)23-16(24-13)22-8-7-14-25-15(26-28-14)10-3-5-11(18)6-4-10/h3-6,9H,7-8H2,1-2H3,(H,22,23,24). The third kappa shape index (κ3) is 4.89. The molecular formula is C17H16ClF3N6O. The lowest BCUT2D eigenvalue weighted by molar-refractivity contribution is -0.141. The predicted octanol–water partition coefficient (Wildman–Crippen LogP) is 3.92. The smallest absolute Gasteiger partial charge is 0.363 e. The van der Waals surface area contributed by atoms with E-state index in [2.05, 4.69) is 25.4 Å². The Kier molecular flexibility index (Phi) is 5.68. The van der Waals surface area contributed by atoms with E-state index in [0.717, 1.165) is 11.6 Å². The van der Waals surface area contributed by atoms with Gasteiger partial charge in [-0.25, -0.2) is 4.98 Å². The minimum absolute atomic E-state index is 0.129. The van der Waals surface area contributed by atoms with Crippen molar-refractivity contribution in [2.75, 3.05) is 30.9 Å². The zero-order valence-corrected chi connectivity index (χ0v) is 15.7. The molecule has 0 aliphatic rings. The van der Waals surface area contributed by atoms with Crippen LogP contribution in [0.3, 0.4) is 0 Å². The van der Waals surface area contributed by atoms with Gasteiger partial charge in [0, 0.05) is 43.7 Å². The summed E-state index contributed by atoms with van der Waals surface area (Å²) in [5.74, 6) is 0.748. The summed E-state index contributed by atoms with van der Waals surface area (Å²) in [6.07, 6.45) is -4.28. The van der Waals surface area contributed by atoms with Crippen LogP contribution in [0.25, 0.3) is 11.4 Å². The number of hydrogen-bond donors (Lipinski definition) is 1. The lowest BCUT2D eigenvalue weighted by Gasteiger charge is -2.15. The second-order valence-corrected chi connectivity index (χ2v) is 6.46. The quantitative estimate of drug-likeness (QED) is 0.657. The molecule has 0 unspecified atom stereocenters. The Morgan fingerprint density at radius 2 is 1.82 bits per heavy atom. The molecule has 1 aromatic carbocycles. The van der Waals surface area contributed by atoms with Gasteiger partial charge in [0.05, 0.1) is 0 Å². The summed E-state index contributed by atoms with van der Waals surface area (Å²) in [5, 5.41) is 7.24. The summed E-state index contributed by atoms with van der Waals surface area (Å²) in [4.78, 5) is 13.3. The minimum Gasteiger partial charge on any atom is -0.363 e. The number of nitrogens with zero attached hydrogens (tertiary/aromatic N) is 5. The highest BCUT2D eigenvalue weighted by atomic mass is 35.5. The van der Waals surface area contributed by atoms with Gasteiger partial charge >= 0.3 is 6.18 Å². The van der Waals surface area contributed by atoms with Gasteiger partial charge in [0.1, 0.15) is 5.82 Å². The van der Waals surface area contributed by atoms with Crippen molar-refractivity contribution in [1.82, 2.24) is 20.1 Å². The lowest BCUT2D eigenvalue weighted by atomic mass is 10.2. The van der Waals surface area contributed by atoms with Gasteiger partial charge in [0.2, 0.25) is 17.7 Å². The number of alkyl halides is 3. The Bertz CT molecular complexity index is 943. The van der Waals surface area contributed by atoms with Crippen LogP contribution in [0.5, 0.6) is 0 Å². The molecule has 0 spiro atoms. The van der Waals surface area contributed by atoms with E-state index in [-0.39, 0.29) is 24.7 Å². The van der Waals surface area contributed by atoms with Crippen molar-refractivity contribution in [2.45, 2.75) is 12.6 Å². The summed E-state index contributed by atoms with van der Waals surface area (Å²) < 4.78 is 44.2. The molecule has 148 valence electrons. The molecule has 0 fully saturated rings. The van der Waals surface area contributed by atoms with Crippen molar-refractivity contribution in [3.8, 4) is 11.4 Å². The first kappa shape index (κ1) is 19.9. The van der Waals surface area contributed by atoms with Crippen LogP contribution < -0.4 is 10.2 Å². The van der Waals surface area contributed by atoms with E-state index in [1.807, 2.05) is 0 Å². The first-order valence-electron chi connectivity index (χ1n) is 8.18. The molecule has 7 nitrogen and oxygen atoms in total. The van der Waals surface area contributed by atoms with E-state index in [9.17, 15) is 13.2 Å². The molecule has 0 atom stereocenters. The van der Waals surface area contributed by atoms with Crippen LogP contribution in [0, 0.1) is 0 Å². The maximum atomic E-state index is 13.0. The number of aromatic nitrogens is 4. The van der Waals surface area contributed by atoms with E-state index in [1.54, 1.807) is 38.4 Å². The Labute approximate surface area is 163 Å². The average Bonchev–Trinajstić information content (AvgIpc) is 3.10. The SMILES string of the molecule is CN(C)c1cc(C(F)(F)F)nc(NCCc2nc(-c3ccc(Cl)cc3)no2)n1. The van der Waals surface area contributed by atoms with Gasteiger partial charge in [-0.3, -0.25) is 0 Å². The van der Waals surface area contributed by atoms with Crippen LogP contribution in [-0.2, 0) is 12.6 Å². The number of benzene rings is 1. The number of rotatable bonds is 6. The highest BCUT2D eigenvalue weighted by Crippen LogP contribution is 2.30. The van der Waals surface area contributed by atoms with Crippen molar-refractivity contribution in [2.24, 2.45) is 0 Å². The Hall–Kier alpha value is -2.88. The van der Waals surface area contributed by atoms with Crippen molar-refractivity contribution in [3.63, 3.8) is 0 Å². The number of hydrogen-bond acceptors (Lipinski definition) is 7. The molecule has 1 N–H and O–H groups in total. The first-order chi connectivity index (χ1) is 13.2. The average molecular weight is 413 g/mol. The van der Waals surface area contributed by atoms with Gasteiger partial charge in [0.15, 0.2) is 5.69 Å². The summed E-state index contributed by atoms with van der Waals surface area (Å²) in [7, 11) is 3.20. The van der Waals surface area contributed by atoms with E-state index >= 15 is 0 Å². The van der Waals surface area contributed by atoms with Gasteiger partial charge < -0.3 is 14.7 Å². The summed E-state index contributed by atoms with van der Waals surface area (Å²) in [6.45, 7) is 0.219. The third-order valence-electron chi connectivity index (χ3n) is 3.65. The maximum Gasteiger partial charge on any atom is 0.433 e. The molecule has 0 bridgehead atoms. The maximum absolute atomic E-state index is 13.0. The molecule has 2 heterocycles. The second-order valence-electron chi connectivity index (χ2n) is 6.02. The fraction of sp³-hybridized carbons (Fsp3) is 0.294. The number of nitrogens with one attached hydrogen (secondary N) is 1. The zero-order chi connectivity index (χ0) is 20.3. The molecule has 3 rings (SSSR count). The molecule has 0 aliphatic heterocycles. The number of halogens is 4. The van der Waals surface area contributed by atoms with E-state index in [4.69, 9.17) is 16.1 Å². The van der Waals surface area contributed by atoms with Gasteiger partial charge in [-0.1, -0.05) is 16.8 Å². The van der Waals surface area contributed by atoms with Crippen LogP contribution >= 0.6 is 11.6 Å². The normalized spacial score (nSPS) is 11.5. The van der Waals surface area contributed by atoms with Crippen LogP contribution in [0.2, 0.25) is 5.02 Å². The Morgan fingerprint density at radius 3 is 2.46 bits per heavy atom. The molecular weight excluding hydrogens is 397 g/mol. The van der Waals surface area contributed by atoms with Gasteiger partial charge in [-0.2, -0.15) is 23.1 Å². The van der Waals surface area contributed by atoms with E-state index in [0.29, 0.717) is 16.7 Å². The molecule has 3 aromatic rings. The van der Waals surface area contributed by atoms with Crippen molar-refractivity contribution in [1.29, 1.82) is 0 Å². The fourth-order valence-electron chi connectivity index (χ4n) is 2.24. The minimum atomic E-state index is -4.57. The molecule has 0 radical (unpaired) electrons. The van der Waals surface area contributed by atoms with Crippen LogP contribution in [0.4, 0.5) is 24.9 Å². The zero-order valence-electron chi connectivity index (χ0n) is 15.0. The molecule has 0 amide bonds. The van der Waals surface area contributed by atoms with Gasteiger partial charge in [-0.15, -0.1) is 0 Å². The summed E-state index contributed by atoms with van der Waals surface area (Å²) in [6, 6.07) is 7.83. The van der Waals surface area contributed by atoms with E-state index < -0.39 is 11.9 Å². The molecule has 0 saturated heterocycles. The highest BCUT2D eigenvalue weighted by Gasteiger charge is 2.34. The van der Waals surface area contributed by atoms with Crippen molar-refractivity contribution in [3.05, 3.63) is 46.9 Å². The van der Waals surface area contributed by atoms with Crippen molar-refractivity contribution < 1.29 is 17.7 Å². The van der Waals surface area contributed by atoms with Crippen molar-refractivity contribution >= 4 is 23.4 Å². The summed E-state index contributed by atoms with van der Waals surface area (Å²) in [5.41, 5.74) is -0.277. The first-order valence-corrected chi connectivity index (χ1v) is 8.56. The Morgan fingerprint density at radius 1 is 1.11 bits per heavy atom. The largest absolute Gasteiger partial charge is 0.433 e. The fourth-order valence-corrected chi connectivity index (χ4v) is 2.37. The third-order valence-corrected chi connectivity index (χ3v) is 3.91. The van der Waals surface area contributed by atoms with Crippen LogP contribution in [0.15, 0.2) is 34.9 Å². The molecule has 2 aromatic heterocycles. The lowest BCUT2D eigenvalue weighted by Crippen LogP contribution is -2.18. The monoisotopic (exact) mass is 412 g/mol. The molecule has 11 heteroatoms. The second kappa shape index (κ2) is 8.01. The van der Waals surface area contributed by atoms with Gasteiger partial charge in [0.25, 0.3) is 0 Å². The topological polar surface area (TPSA) is 80.0 Å². The van der Waals surface area contributed by atoms with E-state index in [1.165, 1.54) is 4.90 Å². The molecule has 28 heavy (non-hydrogen) atoms. The number of anilines is 2. The molecule has 0 aliphatic carbocycles. The van der Waals surface area contributed by atoms with Crippen LogP contribution in [0.1, 0.15) is 11.6 Å². The predicted molar refractivity (Wildman–Crippen MR) is 98.3 cm³/mol. The van der Waals surface area contributed by atoms with Crippen LogP contribution in [-0.4, -0.2) is 40.7 Å².